The number of anilines is 1. The van der Waals surface area contributed by atoms with Gasteiger partial charge in [0.1, 0.15) is 6.54 Å². The Morgan fingerprint density at radius 2 is 1.55 bits per heavy atom. The number of amides is 2. The van der Waals surface area contributed by atoms with Crippen LogP contribution in [0.5, 0.6) is 0 Å². The molecule has 4 rings (SSSR count). The molecule has 0 aromatic heterocycles. The zero-order chi connectivity index (χ0) is 30.2. The summed E-state index contributed by atoms with van der Waals surface area (Å²) in [6.07, 6.45) is 0. The van der Waals surface area contributed by atoms with Crippen molar-refractivity contribution in [2.75, 3.05) is 72.0 Å². The Labute approximate surface area is 257 Å². The van der Waals surface area contributed by atoms with E-state index >= 15 is 0 Å². The second kappa shape index (κ2) is 14.5. The Balaban J connectivity index is 1.56. The van der Waals surface area contributed by atoms with E-state index in [1.165, 1.54) is 0 Å². The van der Waals surface area contributed by atoms with Gasteiger partial charge in [-0.1, -0.05) is 59.6 Å². The first-order valence-corrected chi connectivity index (χ1v) is 14.5. The van der Waals surface area contributed by atoms with Crippen molar-refractivity contribution < 1.29 is 14.3 Å². The minimum absolute atomic E-state index is 0.0116. The summed E-state index contributed by atoms with van der Waals surface area (Å²) in [5.41, 5.74) is 4.31. The number of carbonyl (C=O) groups excluding carboxylic acids is 2. The number of morpholine rings is 1. The van der Waals surface area contributed by atoms with E-state index in [2.05, 4.69) is 23.1 Å². The number of benzene rings is 3. The standard InChI is InChI=1S/C32H35Cl2N5O3/c1-36(2)32(41)26-10-6-24(7-11-26)23-4-8-25(9-5-23)30(21-38-16-18-42-19-17-38)37(3)31(40)22-39(15-14-35)27-12-13-28(33)29(34)20-27/h4-13,20,30H,15-19,21-22H2,1-3H3. The van der Waals surface area contributed by atoms with E-state index in [9.17, 15) is 14.9 Å². The fourth-order valence-electron chi connectivity index (χ4n) is 4.90. The van der Waals surface area contributed by atoms with Crippen molar-refractivity contribution in [3.63, 3.8) is 0 Å². The van der Waals surface area contributed by atoms with Crippen molar-refractivity contribution in [2.45, 2.75) is 6.04 Å². The van der Waals surface area contributed by atoms with Gasteiger partial charge in [0.05, 0.1) is 41.9 Å². The predicted molar refractivity (Wildman–Crippen MR) is 167 cm³/mol. The average Bonchev–Trinajstić information content (AvgIpc) is 3.01. The molecule has 3 aromatic rings. The number of hydrogen-bond donors (Lipinski definition) is 0. The summed E-state index contributed by atoms with van der Waals surface area (Å²) in [4.78, 5) is 33.2. The van der Waals surface area contributed by atoms with Crippen LogP contribution in [-0.2, 0) is 9.53 Å². The lowest BCUT2D eigenvalue weighted by atomic mass is 9.98. The minimum Gasteiger partial charge on any atom is -0.379 e. The van der Waals surface area contributed by atoms with Crippen LogP contribution in [0.25, 0.3) is 11.1 Å². The lowest BCUT2D eigenvalue weighted by Gasteiger charge is -2.36. The Morgan fingerprint density at radius 1 is 0.929 bits per heavy atom. The topological polar surface area (TPSA) is 80.1 Å². The van der Waals surface area contributed by atoms with Gasteiger partial charge in [-0.2, -0.15) is 5.26 Å². The van der Waals surface area contributed by atoms with E-state index in [-0.39, 0.29) is 30.9 Å². The van der Waals surface area contributed by atoms with Crippen molar-refractivity contribution in [1.29, 1.82) is 5.26 Å². The maximum absolute atomic E-state index is 13.7. The molecule has 1 unspecified atom stereocenters. The molecule has 1 atom stereocenters. The van der Waals surface area contributed by atoms with Gasteiger partial charge in [-0.25, -0.2) is 0 Å². The number of hydrogen-bond acceptors (Lipinski definition) is 6. The molecule has 1 saturated heterocycles. The van der Waals surface area contributed by atoms with Gasteiger partial charge >= 0.3 is 0 Å². The molecule has 1 heterocycles. The van der Waals surface area contributed by atoms with Crippen LogP contribution in [0, 0.1) is 11.3 Å². The molecule has 0 aliphatic carbocycles. The Bertz CT molecular complexity index is 1420. The van der Waals surface area contributed by atoms with Gasteiger partial charge in [-0.15, -0.1) is 0 Å². The largest absolute Gasteiger partial charge is 0.379 e. The summed E-state index contributed by atoms with van der Waals surface area (Å²) in [5, 5.41) is 10.2. The van der Waals surface area contributed by atoms with Crippen LogP contribution in [0.2, 0.25) is 10.0 Å². The Morgan fingerprint density at radius 3 is 2.12 bits per heavy atom. The summed E-state index contributed by atoms with van der Waals surface area (Å²) in [7, 11) is 5.28. The first-order chi connectivity index (χ1) is 20.2. The monoisotopic (exact) mass is 607 g/mol. The zero-order valence-corrected chi connectivity index (χ0v) is 25.6. The van der Waals surface area contributed by atoms with E-state index in [1.54, 1.807) is 54.0 Å². The van der Waals surface area contributed by atoms with Crippen molar-refractivity contribution in [3.8, 4) is 17.2 Å². The molecular weight excluding hydrogens is 573 g/mol. The predicted octanol–water partition coefficient (Wildman–Crippen LogP) is 5.22. The van der Waals surface area contributed by atoms with Crippen molar-refractivity contribution in [3.05, 3.63) is 87.9 Å². The number of rotatable bonds is 10. The zero-order valence-electron chi connectivity index (χ0n) is 24.1. The number of likely N-dealkylation sites (N-methyl/N-ethyl adjacent to an activating group) is 1. The molecule has 0 radical (unpaired) electrons. The third kappa shape index (κ3) is 7.81. The Kier molecular flexibility index (Phi) is 10.8. The number of ether oxygens (including phenoxy) is 1. The summed E-state index contributed by atoms with van der Waals surface area (Å²) in [5.74, 6) is -0.164. The number of nitrogens with zero attached hydrogens (tertiary/aromatic N) is 5. The second-order valence-corrected chi connectivity index (χ2v) is 11.3. The van der Waals surface area contributed by atoms with Crippen molar-refractivity contribution >= 4 is 40.7 Å². The molecular formula is C32H35Cl2N5O3. The molecule has 0 bridgehead atoms. The van der Waals surface area contributed by atoms with E-state index in [1.807, 2.05) is 36.4 Å². The van der Waals surface area contributed by atoms with E-state index in [0.717, 1.165) is 29.8 Å². The molecule has 1 fully saturated rings. The highest BCUT2D eigenvalue weighted by Gasteiger charge is 2.27. The SMILES string of the molecule is CN(C)C(=O)c1ccc(-c2ccc(C(CN3CCOCC3)N(C)C(=O)CN(CC#N)c3ccc(Cl)c(Cl)c3)cc2)cc1. The summed E-state index contributed by atoms with van der Waals surface area (Å²) < 4.78 is 5.54. The fraction of sp³-hybridized carbons (Fsp3) is 0.344. The quantitative estimate of drug-likeness (QED) is 0.294. The van der Waals surface area contributed by atoms with Gasteiger partial charge in [-0.05, 0) is 47.0 Å². The van der Waals surface area contributed by atoms with Crippen LogP contribution in [-0.4, -0.2) is 93.6 Å². The highest BCUT2D eigenvalue weighted by Crippen LogP contribution is 2.29. The molecule has 220 valence electrons. The summed E-state index contributed by atoms with van der Waals surface area (Å²) >= 11 is 12.3. The first kappa shape index (κ1) is 31.3. The van der Waals surface area contributed by atoms with Crippen molar-refractivity contribution in [1.82, 2.24) is 14.7 Å². The smallest absolute Gasteiger partial charge is 0.253 e. The maximum atomic E-state index is 13.7. The highest BCUT2D eigenvalue weighted by molar-refractivity contribution is 6.42. The average molecular weight is 609 g/mol. The maximum Gasteiger partial charge on any atom is 0.253 e. The first-order valence-electron chi connectivity index (χ1n) is 13.7. The molecule has 3 aromatic carbocycles. The normalized spacial score (nSPS) is 14.1. The minimum atomic E-state index is -0.220. The summed E-state index contributed by atoms with van der Waals surface area (Å²) in [6.45, 7) is 3.58. The molecule has 2 amide bonds. The third-order valence-corrected chi connectivity index (χ3v) is 8.16. The summed E-state index contributed by atoms with van der Waals surface area (Å²) in [6, 6.07) is 22.7. The van der Waals surface area contributed by atoms with E-state index in [4.69, 9.17) is 27.9 Å². The fourth-order valence-corrected chi connectivity index (χ4v) is 5.19. The number of carbonyl (C=O) groups is 2. The Hall–Kier alpha value is -3.61. The molecule has 1 aliphatic heterocycles. The molecule has 10 heteroatoms. The van der Waals surface area contributed by atoms with Crippen LogP contribution in [0.3, 0.4) is 0 Å². The number of nitriles is 1. The molecule has 42 heavy (non-hydrogen) atoms. The molecule has 0 N–H and O–H groups in total. The number of halogens is 2. The molecule has 1 aliphatic rings. The van der Waals surface area contributed by atoms with Crippen LogP contribution in [0.4, 0.5) is 5.69 Å². The van der Waals surface area contributed by atoms with Gasteiger partial charge in [0.15, 0.2) is 0 Å². The van der Waals surface area contributed by atoms with Crippen LogP contribution >= 0.6 is 23.2 Å². The third-order valence-electron chi connectivity index (χ3n) is 7.42. The molecule has 0 saturated carbocycles. The van der Waals surface area contributed by atoms with Crippen LogP contribution < -0.4 is 4.90 Å². The van der Waals surface area contributed by atoms with Gasteiger partial charge in [0, 0.05) is 52.0 Å². The van der Waals surface area contributed by atoms with Crippen molar-refractivity contribution in [2.24, 2.45) is 0 Å². The van der Waals surface area contributed by atoms with E-state index in [0.29, 0.717) is 41.1 Å². The molecule has 0 spiro atoms. The van der Waals surface area contributed by atoms with Crippen LogP contribution in [0.15, 0.2) is 66.7 Å². The van der Waals surface area contributed by atoms with Gasteiger partial charge in [0.2, 0.25) is 5.91 Å². The van der Waals surface area contributed by atoms with Gasteiger partial charge in [0.25, 0.3) is 5.91 Å². The van der Waals surface area contributed by atoms with Gasteiger partial charge in [-0.3, -0.25) is 14.5 Å². The van der Waals surface area contributed by atoms with Crippen LogP contribution in [0.1, 0.15) is 22.0 Å². The van der Waals surface area contributed by atoms with E-state index < -0.39 is 0 Å². The highest BCUT2D eigenvalue weighted by atomic mass is 35.5. The van der Waals surface area contributed by atoms with Gasteiger partial charge < -0.3 is 19.4 Å². The lowest BCUT2D eigenvalue weighted by Crippen LogP contribution is -2.46. The molecule has 8 nitrogen and oxygen atoms in total. The second-order valence-electron chi connectivity index (χ2n) is 10.4. The lowest BCUT2D eigenvalue weighted by molar-refractivity contribution is -0.131.